The molecule has 43 heavy (non-hydrogen) atoms. The molecular formula is C27H27BrN8O6S. The van der Waals surface area contributed by atoms with Crippen molar-refractivity contribution in [2.75, 3.05) is 25.0 Å². The topological polar surface area (TPSA) is 183 Å². The quantitative estimate of drug-likeness (QED) is 0.0773. The number of azide groups is 1. The van der Waals surface area contributed by atoms with Gasteiger partial charge in [-0.15, -0.1) is 0 Å². The van der Waals surface area contributed by atoms with E-state index in [-0.39, 0.29) is 52.7 Å². The van der Waals surface area contributed by atoms with Crippen LogP contribution in [0, 0.1) is 0 Å². The number of rotatable bonds is 12. The second-order valence-corrected chi connectivity index (χ2v) is 12.3. The molecule has 0 saturated carbocycles. The number of nitrogens with one attached hydrogen (secondary N) is 1. The van der Waals surface area contributed by atoms with Crippen LogP contribution in [0.15, 0.2) is 75.4 Å². The van der Waals surface area contributed by atoms with E-state index in [9.17, 15) is 8.42 Å². The molecule has 0 aliphatic heterocycles. The second kappa shape index (κ2) is 13.5. The average Bonchev–Trinajstić information content (AvgIpc) is 2.97. The van der Waals surface area contributed by atoms with Gasteiger partial charge in [-0.2, -0.15) is 4.98 Å². The smallest absolute Gasteiger partial charge is 0.316 e. The Bertz CT molecular complexity index is 1730. The van der Waals surface area contributed by atoms with Crippen LogP contribution in [-0.4, -0.2) is 48.7 Å². The van der Waals surface area contributed by atoms with Gasteiger partial charge in [0.05, 0.1) is 16.5 Å². The van der Waals surface area contributed by atoms with Crippen LogP contribution in [0.1, 0.15) is 26.3 Å². The molecule has 4 rings (SSSR count). The normalized spacial score (nSPS) is 11.3. The summed E-state index contributed by atoms with van der Waals surface area (Å²) in [5.41, 5.74) is 9.82. The van der Waals surface area contributed by atoms with Gasteiger partial charge in [-0.3, -0.25) is 4.72 Å². The predicted molar refractivity (Wildman–Crippen MR) is 161 cm³/mol. The van der Waals surface area contributed by atoms with E-state index in [1.807, 2.05) is 20.8 Å². The molecule has 0 saturated heterocycles. The lowest BCUT2D eigenvalue weighted by Gasteiger charge is -2.20. The van der Waals surface area contributed by atoms with Gasteiger partial charge in [0.25, 0.3) is 15.9 Å². The monoisotopic (exact) mass is 670 g/mol. The van der Waals surface area contributed by atoms with Gasteiger partial charge in [0.2, 0.25) is 11.7 Å². The van der Waals surface area contributed by atoms with E-state index in [2.05, 4.69) is 50.6 Å². The molecule has 0 atom stereocenters. The number of nitrogens with zero attached hydrogens (tertiary/aromatic N) is 7. The van der Waals surface area contributed by atoms with Gasteiger partial charge in [0, 0.05) is 17.3 Å². The lowest BCUT2D eigenvalue weighted by atomic mass is 9.87. The molecule has 16 heteroatoms. The molecule has 14 nitrogen and oxygen atoms in total. The number of ether oxygens (including phenoxy) is 4. The van der Waals surface area contributed by atoms with E-state index in [4.69, 9.17) is 24.5 Å². The Labute approximate surface area is 256 Å². The van der Waals surface area contributed by atoms with Crippen LogP contribution in [-0.2, 0) is 15.4 Å². The first-order chi connectivity index (χ1) is 20.5. The molecule has 0 radical (unpaired) electrons. The molecule has 2 heterocycles. The molecule has 0 amide bonds. The zero-order valence-electron chi connectivity index (χ0n) is 23.6. The maximum atomic E-state index is 13.5. The van der Waals surface area contributed by atoms with Gasteiger partial charge in [-0.05, 0) is 61.8 Å². The summed E-state index contributed by atoms with van der Waals surface area (Å²) in [5, 5.41) is 3.44. The van der Waals surface area contributed by atoms with Crippen LogP contribution in [0.4, 0.5) is 11.8 Å². The highest BCUT2D eigenvalue weighted by Gasteiger charge is 2.25. The van der Waals surface area contributed by atoms with Crippen LogP contribution >= 0.6 is 15.9 Å². The molecule has 0 aliphatic rings. The van der Waals surface area contributed by atoms with Crippen LogP contribution in [0.3, 0.4) is 0 Å². The highest BCUT2D eigenvalue weighted by atomic mass is 79.9. The Kier molecular flexibility index (Phi) is 9.85. The Morgan fingerprint density at radius 3 is 2.26 bits per heavy atom. The molecule has 2 aromatic heterocycles. The van der Waals surface area contributed by atoms with Crippen LogP contribution in [0.25, 0.3) is 10.4 Å². The summed E-state index contributed by atoms with van der Waals surface area (Å²) in [4.78, 5) is 19.0. The van der Waals surface area contributed by atoms with Crippen molar-refractivity contribution >= 4 is 37.7 Å². The van der Waals surface area contributed by atoms with E-state index in [0.29, 0.717) is 10.2 Å². The summed E-state index contributed by atoms with van der Waals surface area (Å²) in [6.07, 6.45) is 3.04. The van der Waals surface area contributed by atoms with Crippen molar-refractivity contribution in [2.45, 2.75) is 31.1 Å². The first-order valence-electron chi connectivity index (χ1n) is 12.6. The minimum absolute atomic E-state index is 0.0161. The summed E-state index contributed by atoms with van der Waals surface area (Å²) in [5.74, 6) is -0.641. The lowest BCUT2D eigenvalue weighted by Crippen LogP contribution is -2.17. The SMILES string of the molecule is COc1ccccc1Oc1c(NS(=O)(=O)c2ccc(C(C)(C)C)cc2)nc(N=[N+]=[N-])nc1OCCOc1ncc(Br)cn1. The largest absolute Gasteiger partial charge is 0.493 e. The maximum absolute atomic E-state index is 13.5. The number of para-hydroxylation sites is 2. The molecule has 0 aliphatic carbocycles. The van der Waals surface area contributed by atoms with Crippen molar-refractivity contribution in [2.24, 2.45) is 5.11 Å². The molecule has 224 valence electrons. The number of hydrogen-bond donors (Lipinski definition) is 1. The Hall–Kier alpha value is -4.66. The molecular weight excluding hydrogens is 644 g/mol. The van der Waals surface area contributed by atoms with Crippen LogP contribution < -0.4 is 23.7 Å². The van der Waals surface area contributed by atoms with E-state index >= 15 is 0 Å². The fourth-order valence-corrected chi connectivity index (χ4v) is 4.75. The van der Waals surface area contributed by atoms with E-state index in [1.165, 1.54) is 31.6 Å². The third-order valence-electron chi connectivity index (χ3n) is 5.65. The Balaban J connectivity index is 1.71. The number of halogens is 1. The molecule has 4 aromatic rings. The summed E-state index contributed by atoms with van der Waals surface area (Å²) in [6.45, 7) is 5.94. The number of methoxy groups -OCH3 is 1. The third kappa shape index (κ3) is 8.22. The molecule has 0 fully saturated rings. The second-order valence-electron chi connectivity index (χ2n) is 9.71. The Morgan fingerprint density at radius 1 is 0.977 bits per heavy atom. The lowest BCUT2D eigenvalue weighted by molar-refractivity contribution is 0.197. The standard InChI is InChI=1S/C27H27BrN8O6S/c1-27(2,3)17-9-11-19(12-10-17)43(37,38)35-23-22(42-21-8-6-5-7-20(21)39-4)24(33-25(32-23)34-36-29)40-13-14-41-26-30-15-18(28)16-31-26/h5-12,15-16H,13-14H2,1-4H3,(H,32,33,35). The molecule has 0 unspecified atom stereocenters. The molecule has 0 spiro atoms. The molecule has 1 N–H and O–H groups in total. The zero-order valence-corrected chi connectivity index (χ0v) is 26.0. The molecule has 0 bridgehead atoms. The van der Waals surface area contributed by atoms with Crippen molar-refractivity contribution in [1.29, 1.82) is 0 Å². The Morgan fingerprint density at radius 2 is 1.63 bits per heavy atom. The average molecular weight is 672 g/mol. The number of benzene rings is 2. The van der Waals surface area contributed by atoms with Gasteiger partial charge < -0.3 is 18.9 Å². The maximum Gasteiger partial charge on any atom is 0.316 e. The van der Waals surface area contributed by atoms with E-state index < -0.39 is 16.0 Å². The van der Waals surface area contributed by atoms with Gasteiger partial charge in [-0.25, -0.2) is 23.4 Å². The minimum Gasteiger partial charge on any atom is -0.493 e. The first kappa shape index (κ1) is 31.3. The highest BCUT2D eigenvalue weighted by molar-refractivity contribution is 9.10. The van der Waals surface area contributed by atoms with Crippen molar-refractivity contribution < 1.29 is 27.4 Å². The molecule has 2 aromatic carbocycles. The number of sulfonamides is 1. The highest BCUT2D eigenvalue weighted by Crippen LogP contribution is 2.41. The summed E-state index contributed by atoms with van der Waals surface area (Å²) < 4.78 is 52.8. The number of aromatic nitrogens is 4. The first-order valence-corrected chi connectivity index (χ1v) is 14.9. The van der Waals surface area contributed by atoms with Gasteiger partial charge >= 0.3 is 6.01 Å². The number of hydrogen-bond acceptors (Lipinski definition) is 11. The van der Waals surface area contributed by atoms with Crippen molar-refractivity contribution in [1.82, 2.24) is 19.9 Å². The van der Waals surface area contributed by atoms with Crippen molar-refractivity contribution in [3.8, 4) is 29.1 Å². The minimum atomic E-state index is -4.21. The van der Waals surface area contributed by atoms with Gasteiger partial charge in [0.1, 0.15) is 13.2 Å². The zero-order chi connectivity index (χ0) is 31.0. The van der Waals surface area contributed by atoms with E-state index in [1.54, 1.807) is 36.4 Å². The third-order valence-corrected chi connectivity index (χ3v) is 7.41. The van der Waals surface area contributed by atoms with E-state index in [0.717, 1.165) is 5.56 Å². The summed E-state index contributed by atoms with van der Waals surface area (Å²) in [7, 11) is -2.75. The fourth-order valence-electron chi connectivity index (χ4n) is 3.54. The summed E-state index contributed by atoms with van der Waals surface area (Å²) in [6, 6.07) is 13.2. The number of anilines is 1. The van der Waals surface area contributed by atoms with Crippen molar-refractivity contribution in [3.63, 3.8) is 0 Å². The van der Waals surface area contributed by atoms with Crippen LogP contribution in [0.2, 0.25) is 0 Å². The van der Waals surface area contributed by atoms with Gasteiger partial charge in [-0.1, -0.05) is 45.0 Å². The fraction of sp³-hybridized carbons (Fsp3) is 0.259. The predicted octanol–water partition coefficient (Wildman–Crippen LogP) is 6.33. The van der Waals surface area contributed by atoms with Crippen LogP contribution in [0.5, 0.6) is 29.1 Å². The van der Waals surface area contributed by atoms with Gasteiger partial charge in [0.15, 0.2) is 17.3 Å². The van der Waals surface area contributed by atoms with Crippen molar-refractivity contribution in [3.05, 3.63) is 81.4 Å². The summed E-state index contributed by atoms with van der Waals surface area (Å²) >= 11 is 3.25.